The van der Waals surface area contributed by atoms with Crippen LogP contribution in [0.25, 0.3) is 0 Å². The normalized spacial score (nSPS) is 19.5. The predicted molar refractivity (Wildman–Crippen MR) is 99.1 cm³/mol. The van der Waals surface area contributed by atoms with Gasteiger partial charge in [0.1, 0.15) is 0 Å². The quantitative estimate of drug-likeness (QED) is 0.870. The van der Waals surface area contributed by atoms with Gasteiger partial charge in [0.15, 0.2) is 0 Å². The SMILES string of the molecule is OCCC1CN(Cc2ccc(Cl)cc2)CCN1Cc1ccccc1. The average Bonchev–Trinajstić information content (AvgIpc) is 2.60. The van der Waals surface area contributed by atoms with Crippen molar-refractivity contribution in [2.75, 3.05) is 26.2 Å². The fraction of sp³-hybridized carbons (Fsp3) is 0.400. The molecule has 0 spiro atoms. The van der Waals surface area contributed by atoms with Crippen LogP contribution in [0, 0.1) is 0 Å². The molecule has 24 heavy (non-hydrogen) atoms. The zero-order valence-corrected chi connectivity index (χ0v) is 14.7. The highest BCUT2D eigenvalue weighted by molar-refractivity contribution is 6.30. The Balaban J connectivity index is 1.61. The molecular formula is C20H25ClN2O. The maximum Gasteiger partial charge on any atom is 0.0446 e. The number of piperazine rings is 1. The molecule has 1 aliphatic heterocycles. The van der Waals surface area contributed by atoms with Gasteiger partial charge in [-0.1, -0.05) is 54.1 Å². The van der Waals surface area contributed by atoms with Crippen molar-refractivity contribution in [2.24, 2.45) is 0 Å². The van der Waals surface area contributed by atoms with Crippen LogP contribution in [-0.4, -0.2) is 47.2 Å². The number of hydrogen-bond donors (Lipinski definition) is 1. The molecule has 128 valence electrons. The molecule has 2 aromatic rings. The van der Waals surface area contributed by atoms with Crippen molar-refractivity contribution in [1.29, 1.82) is 0 Å². The number of halogens is 1. The van der Waals surface area contributed by atoms with E-state index in [0.717, 1.165) is 44.2 Å². The Bertz CT molecular complexity index is 617. The van der Waals surface area contributed by atoms with Crippen molar-refractivity contribution in [1.82, 2.24) is 9.80 Å². The molecule has 1 atom stereocenters. The molecule has 0 amide bonds. The molecule has 0 saturated carbocycles. The summed E-state index contributed by atoms with van der Waals surface area (Å²) in [5.74, 6) is 0. The molecule has 1 fully saturated rings. The van der Waals surface area contributed by atoms with E-state index in [1.165, 1.54) is 11.1 Å². The van der Waals surface area contributed by atoms with Gasteiger partial charge in [0, 0.05) is 50.4 Å². The number of aliphatic hydroxyl groups excluding tert-OH is 1. The summed E-state index contributed by atoms with van der Waals surface area (Å²) in [6.45, 7) is 5.23. The second-order valence-corrected chi connectivity index (χ2v) is 6.92. The molecule has 0 aromatic heterocycles. The number of benzene rings is 2. The van der Waals surface area contributed by atoms with Crippen molar-refractivity contribution < 1.29 is 5.11 Å². The summed E-state index contributed by atoms with van der Waals surface area (Å²) in [6.07, 6.45) is 0.823. The van der Waals surface area contributed by atoms with Crippen molar-refractivity contribution in [3.8, 4) is 0 Å². The lowest BCUT2D eigenvalue weighted by atomic mass is 10.1. The Morgan fingerprint density at radius 3 is 2.33 bits per heavy atom. The molecule has 1 unspecified atom stereocenters. The Hall–Kier alpha value is -1.39. The third-order valence-corrected chi connectivity index (χ3v) is 4.95. The minimum absolute atomic E-state index is 0.241. The van der Waals surface area contributed by atoms with Crippen molar-refractivity contribution >= 4 is 11.6 Å². The summed E-state index contributed by atoms with van der Waals surface area (Å²) in [5.41, 5.74) is 2.63. The van der Waals surface area contributed by atoms with Crippen LogP contribution in [0.15, 0.2) is 54.6 Å². The first-order chi connectivity index (χ1) is 11.7. The third-order valence-electron chi connectivity index (χ3n) is 4.70. The minimum Gasteiger partial charge on any atom is -0.396 e. The molecule has 1 saturated heterocycles. The van der Waals surface area contributed by atoms with Gasteiger partial charge in [0.2, 0.25) is 0 Å². The number of hydrogen-bond acceptors (Lipinski definition) is 3. The van der Waals surface area contributed by atoms with Crippen LogP contribution in [0.2, 0.25) is 5.02 Å². The van der Waals surface area contributed by atoms with E-state index in [9.17, 15) is 5.11 Å². The average molecular weight is 345 g/mol. The van der Waals surface area contributed by atoms with Crippen LogP contribution in [0.4, 0.5) is 0 Å². The predicted octanol–water partition coefficient (Wildman–Crippen LogP) is 3.41. The molecule has 3 nitrogen and oxygen atoms in total. The van der Waals surface area contributed by atoms with Crippen molar-refractivity contribution in [3.63, 3.8) is 0 Å². The molecule has 1 aliphatic rings. The van der Waals surface area contributed by atoms with Gasteiger partial charge in [-0.2, -0.15) is 0 Å². The van der Waals surface area contributed by atoms with E-state index < -0.39 is 0 Å². The van der Waals surface area contributed by atoms with Gasteiger partial charge in [0.25, 0.3) is 0 Å². The minimum atomic E-state index is 0.241. The largest absolute Gasteiger partial charge is 0.396 e. The van der Waals surface area contributed by atoms with Crippen LogP contribution in [0.3, 0.4) is 0 Å². The third kappa shape index (κ3) is 4.81. The van der Waals surface area contributed by atoms with Gasteiger partial charge in [-0.15, -0.1) is 0 Å². The van der Waals surface area contributed by atoms with E-state index in [1.54, 1.807) is 0 Å². The van der Waals surface area contributed by atoms with Gasteiger partial charge in [-0.05, 0) is 29.7 Å². The fourth-order valence-corrected chi connectivity index (χ4v) is 3.52. The summed E-state index contributed by atoms with van der Waals surface area (Å²) in [7, 11) is 0. The van der Waals surface area contributed by atoms with E-state index >= 15 is 0 Å². The molecule has 3 rings (SSSR count). The van der Waals surface area contributed by atoms with E-state index in [-0.39, 0.29) is 6.61 Å². The molecule has 1 heterocycles. The molecule has 2 aromatic carbocycles. The van der Waals surface area contributed by atoms with Gasteiger partial charge in [-0.3, -0.25) is 9.80 Å². The first-order valence-electron chi connectivity index (χ1n) is 8.60. The maximum atomic E-state index is 9.45. The maximum absolute atomic E-state index is 9.45. The molecular weight excluding hydrogens is 320 g/mol. The zero-order valence-electron chi connectivity index (χ0n) is 13.9. The zero-order chi connectivity index (χ0) is 16.8. The van der Waals surface area contributed by atoms with Crippen molar-refractivity contribution in [3.05, 3.63) is 70.7 Å². The fourth-order valence-electron chi connectivity index (χ4n) is 3.40. The van der Waals surface area contributed by atoms with E-state index in [2.05, 4.69) is 52.3 Å². The molecule has 0 radical (unpaired) electrons. The topological polar surface area (TPSA) is 26.7 Å². The summed E-state index contributed by atoms with van der Waals surface area (Å²) in [4.78, 5) is 4.98. The second kappa shape index (κ2) is 8.63. The monoisotopic (exact) mass is 344 g/mol. The Kier molecular flexibility index (Phi) is 6.27. The standard InChI is InChI=1S/C20H25ClN2O/c21-19-8-6-18(7-9-19)14-22-11-12-23(20(16-22)10-13-24)15-17-4-2-1-3-5-17/h1-9,20,24H,10-16H2. The van der Waals surface area contributed by atoms with Crippen LogP contribution >= 0.6 is 11.6 Å². The Morgan fingerprint density at radius 2 is 1.62 bits per heavy atom. The summed E-state index contributed by atoms with van der Waals surface area (Å²) in [6, 6.07) is 19.1. The first kappa shape index (κ1) is 17.4. The number of nitrogens with zero attached hydrogens (tertiary/aromatic N) is 2. The Labute approximate surface area is 149 Å². The Morgan fingerprint density at radius 1 is 0.917 bits per heavy atom. The summed E-state index contributed by atoms with van der Waals surface area (Å²) < 4.78 is 0. The molecule has 4 heteroatoms. The van der Waals surface area contributed by atoms with E-state index in [0.29, 0.717) is 6.04 Å². The first-order valence-corrected chi connectivity index (χ1v) is 8.98. The molecule has 1 N–H and O–H groups in total. The van der Waals surface area contributed by atoms with E-state index in [4.69, 9.17) is 11.6 Å². The highest BCUT2D eigenvalue weighted by Crippen LogP contribution is 2.19. The second-order valence-electron chi connectivity index (χ2n) is 6.48. The lowest BCUT2D eigenvalue weighted by Crippen LogP contribution is -2.52. The lowest BCUT2D eigenvalue weighted by Gasteiger charge is -2.41. The van der Waals surface area contributed by atoms with Crippen molar-refractivity contribution in [2.45, 2.75) is 25.6 Å². The molecule has 0 aliphatic carbocycles. The van der Waals surface area contributed by atoms with Crippen LogP contribution in [-0.2, 0) is 13.1 Å². The lowest BCUT2D eigenvalue weighted by molar-refractivity contribution is 0.0500. The van der Waals surface area contributed by atoms with Crippen LogP contribution in [0.1, 0.15) is 17.5 Å². The van der Waals surface area contributed by atoms with Gasteiger partial charge >= 0.3 is 0 Å². The van der Waals surface area contributed by atoms with E-state index in [1.807, 2.05) is 12.1 Å². The summed E-state index contributed by atoms with van der Waals surface area (Å²) >= 11 is 5.97. The summed E-state index contributed by atoms with van der Waals surface area (Å²) in [5, 5.41) is 10.2. The van der Waals surface area contributed by atoms with Gasteiger partial charge in [-0.25, -0.2) is 0 Å². The molecule has 0 bridgehead atoms. The highest BCUT2D eigenvalue weighted by Gasteiger charge is 2.26. The number of rotatable bonds is 6. The smallest absolute Gasteiger partial charge is 0.0446 e. The van der Waals surface area contributed by atoms with Gasteiger partial charge < -0.3 is 5.11 Å². The van der Waals surface area contributed by atoms with Gasteiger partial charge in [0.05, 0.1) is 0 Å². The van der Waals surface area contributed by atoms with Crippen LogP contribution < -0.4 is 0 Å². The number of aliphatic hydroxyl groups is 1. The highest BCUT2D eigenvalue weighted by atomic mass is 35.5. The van der Waals surface area contributed by atoms with Crippen LogP contribution in [0.5, 0.6) is 0 Å².